The predicted molar refractivity (Wildman–Crippen MR) is 135 cm³/mol. The van der Waals surface area contributed by atoms with Crippen LogP contribution in [0.2, 0.25) is 0 Å². The van der Waals surface area contributed by atoms with Gasteiger partial charge in [0.2, 0.25) is 15.9 Å². The average molecular weight is 495 g/mol. The van der Waals surface area contributed by atoms with Gasteiger partial charge < -0.3 is 14.5 Å². The number of ether oxygens (including phenoxy) is 1. The van der Waals surface area contributed by atoms with Crippen LogP contribution in [0.25, 0.3) is 10.9 Å². The number of nitrogens with zero attached hydrogens (tertiary/aromatic N) is 4. The third-order valence-corrected chi connectivity index (χ3v) is 8.86. The third-order valence-electron chi connectivity index (χ3n) is 6.96. The van der Waals surface area contributed by atoms with Crippen molar-refractivity contribution in [2.45, 2.75) is 17.7 Å². The number of carbonyl (C=O) groups excluding carboxylic acids is 1. The second kappa shape index (κ2) is 9.83. The Hall–Kier alpha value is -3.17. The fraction of sp³-hybridized carbons (Fsp3) is 0.385. The molecule has 1 amide bonds. The molecular formula is C26H30N4O4S. The number of hydrogen-bond donors (Lipinski definition) is 0. The molecule has 0 N–H and O–H groups in total. The minimum Gasteiger partial charge on any atom is -0.495 e. The van der Waals surface area contributed by atoms with Crippen LogP contribution in [-0.4, -0.2) is 74.9 Å². The molecule has 2 aromatic carbocycles. The van der Waals surface area contributed by atoms with Gasteiger partial charge in [-0.25, -0.2) is 8.42 Å². The Labute approximate surface area is 206 Å². The summed E-state index contributed by atoms with van der Waals surface area (Å²) in [5.41, 5.74) is 1.50. The second-order valence-electron chi connectivity index (χ2n) is 9.02. The highest BCUT2D eigenvalue weighted by atomic mass is 32.2. The summed E-state index contributed by atoms with van der Waals surface area (Å²) in [5.74, 6) is 0.531. The summed E-state index contributed by atoms with van der Waals surface area (Å²) in [5, 5.41) is 0.783. The molecule has 3 aromatic rings. The maximum atomic E-state index is 13.5. The van der Waals surface area contributed by atoms with Crippen molar-refractivity contribution in [1.82, 2.24) is 14.2 Å². The summed E-state index contributed by atoms with van der Waals surface area (Å²) in [7, 11) is -2.10. The summed E-state index contributed by atoms with van der Waals surface area (Å²) in [6.07, 6.45) is 2.97. The number of piperazine rings is 1. The Bertz CT molecular complexity index is 1320. The number of sulfonamides is 1. The van der Waals surface area contributed by atoms with E-state index in [1.165, 1.54) is 4.31 Å². The van der Waals surface area contributed by atoms with Gasteiger partial charge in [-0.3, -0.25) is 9.78 Å². The van der Waals surface area contributed by atoms with Crippen molar-refractivity contribution >= 4 is 32.5 Å². The summed E-state index contributed by atoms with van der Waals surface area (Å²) in [6, 6.07) is 16.7. The van der Waals surface area contributed by atoms with Crippen molar-refractivity contribution in [3.8, 4) is 5.75 Å². The number of amides is 1. The molecule has 184 valence electrons. The number of aromatic nitrogens is 1. The molecular weight excluding hydrogens is 464 g/mol. The maximum Gasteiger partial charge on any atom is 0.245 e. The van der Waals surface area contributed by atoms with Gasteiger partial charge in [0.15, 0.2) is 0 Å². The van der Waals surface area contributed by atoms with Gasteiger partial charge in [0.1, 0.15) is 10.6 Å². The van der Waals surface area contributed by atoms with Crippen LogP contribution in [0, 0.1) is 5.92 Å². The second-order valence-corrected chi connectivity index (χ2v) is 10.9. The Balaban J connectivity index is 1.27. The van der Waals surface area contributed by atoms with Crippen molar-refractivity contribution in [2.75, 3.05) is 51.3 Å². The highest BCUT2D eigenvalue weighted by Gasteiger charge is 2.36. The van der Waals surface area contributed by atoms with Crippen LogP contribution in [0.15, 0.2) is 65.7 Å². The molecule has 0 aliphatic carbocycles. The molecule has 2 aliphatic rings. The number of rotatable bonds is 5. The van der Waals surface area contributed by atoms with E-state index in [0.29, 0.717) is 51.1 Å². The van der Waals surface area contributed by atoms with Crippen molar-refractivity contribution in [2.24, 2.45) is 5.92 Å². The Morgan fingerprint density at radius 1 is 0.971 bits per heavy atom. The van der Waals surface area contributed by atoms with E-state index in [1.807, 2.05) is 41.3 Å². The van der Waals surface area contributed by atoms with E-state index in [9.17, 15) is 13.2 Å². The van der Waals surface area contributed by atoms with E-state index in [0.717, 1.165) is 16.8 Å². The van der Waals surface area contributed by atoms with Gasteiger partial charge >= 0.3 is 0 Å². The molecule has 1 aromatic heterocycles. The molecule has 9 heteroatoms. The normalized spacial score (nSPS) is 19.6. The van der Waals surface area contributed by atoms with Crippen LogP contribution in [0.3, 0.4) is 0 Å². The zero-order valence-corrected chi connectivity index (χ0v) is 20.7. The fourth-order valence-electron chi connectivity index (χ4n) is 5.10. The number of carbonyl (C=O) groups is 1. The monoisotopic (exact) mass is 494 g/mol. The van der Waals surface area contributed by atoms with Gasteiger partial charge in [0.05, 0.1) is 24.2 Å². The molecule has 5 rings (SSSR count). The first-order valence-electron chi connectivity index (χ1n) is 12.0. The number of benzene rings is 2. The van der Waals surface area contributed by atoms with Crippen molar-refractivity contribution in [3.05, 3.63) is 60.8 Å². The topological polar surface area (TPSA) is 83.0 Å². The van der Waals surface area contributed by atoms with Crippen LogP contribution < -0.4 is 9.64 Å². The largest absolute Gasteiger partial charge is 0.495 e. The van der Waals surface area contributed by atoms with E-state index in [-0.39, 0.29) is 23.3 Å². The van der Waals surface area contributed by atoms with E-state index < -0.39 is 10.0 Å². The highest BCUT2D eigenvalue weighted by molar-refractivity contribution is 7.89. The molecule has 1 unspecified atom stereocenters. The summed E-state index contributed by atoms with van der Waals surface area (Å²) < 4.78 is 34.0. The summed E-state index contributed by atoms with van der Waals surface area (Å²) in [6.45, 7) is 3.25. The first kappa shape index (κ1) is 23.6. The minimum atomic E-state index is -3.76. The van der Waals surface area contributed by atoms with Crippen LogP contribution in [-0.2, 0) is 14.8 Å². The molecule has 3 heterocycles. The Morgan fingerprint density at radius 2 is 1.74 bits per heavy atom. The number of methoxy groups -OCH3 is 1. The zero-order chi connectivity index (χ0) is 24.4. The molecule has 0 saturated carbocycles. The van der Waals surface area contributed by atoms with E-state index >= 15 is 0 Å². The molecule has 2 fully saturated rings. The van der Waals surface area contributed by atoms with Gasteiger partial charge in [-0.2, -0.15) is 4.31 Å². The van der Waals surface area contributed by atoms with Crippen molar-refractivity contribution < 1.29 is 17.9 Å². The molecule has 35 heavy (non-hydrogen) atoms. The lowest BCUT2D eigenvalue weighted by Crippen LogP contribution is -2.53. The molecule has 0 spiro atoms. The molecule has 2 saturated heterocycles. The quantitative estimate of drug-likeness (QED) is 0.542. The highest BCUT2D eigenvalue weighted by Crippen LogP contribution is 2.31. The lowest BCUT2D eigenvalue weighted by Gasteiger charge is -2.39. The number of pyridine rings is 1. The summed E-state index contributed by atoms with van der Waals surface area (Å²) >= 11 is 0. The van der Waals surface area contributed by atoms with Gasteiger partial charge in [0, 0.05) is 50.9 Å². The van der Waals surface area contributed by atoms with Crippen LogP contribution in [0.1, 0.15) is 12.8 Å². The van der Waals surface area contributed by atoms with Gasteiger partial charge in [0.25, 0.3) is 0 Å². The fourth-order valence-corrected chi connectivity index (χ4v) is 6.79. The van der Waals surface area contributed by atoms with Gasteiger partial charge in [-0.05, 0) is 37.1 Å². The van der Waals surface area contributed by atoms with Crippen LogP contribution >= 0.6 is 0 Å². The molecule has 0 bridgehead atoms. The molecule has 0 radical (unpaired) electrons. The van der Waals surface area contributed by atoms with E-state index in [1.54, 1.807) is 31.5 Å². The SMILES string of the molecule is COc1ccccc1N1CCN(C(=O)C2CCCN(S(=O)(=O)c3cccc4cccnc34)C2)CC1. The molecule has 1 atom stereocenters. The average Bonchev–Trinajstić information content (AvgIpc) is 2.92. The number of fused-ring (bicyclic) bond motifs is 1. The summed E-state index contributed by atoms with van der Waals surface area (Å²) in [4.78, 5) is 22.0. The van der Waals surface area contributed by atoms with Crippen LogP contribution in [0.5, 0.6) is 5.75 Å². The van der Waals surface area contributed by atoms with Crippen LogP contribution in [0.4, 0.5) is 5.69 Å². The zero-order valence-electron chi connectivity index (χ0n) is 19.8. The standard InChI is InChI=1S/C26H30N4O4S/c1-34-23-11-3-2-10-22(23)28-15-17-29(18-16-28)26(31)21-9-6-14-30(19-21)35(32,33)24-12-4-7-20-8-5-13-27-25(20)24/h2-5,7-8,10-13,21H,6,9,14-19H2,1H3. The lowest BCUT2D eigenvalue weighted by atomic mass is 9.97. The molecule has 2 aliphatic heterocycles. The number of hydrogen-bond acceptors (Lipinski definition) is 6. The maximum absolute atomic E-state index is 13.5. The number of piperidine rings is 1. The van der Waals surface area contributed by atoms with Gasteiger partial charge in [-0.1, -0.05) is 30.3 Å². The smallest absolute Gasteiger partial charge is 0.245 e. The Kier molecular flexibility index (Phi) is 6.62. The van der Waals surface area contributed by atoms with Crippen molar-refractivity contribution in [3.63, 3.8) is 0 Å². The van der Waals surface area contributed by atoms with Gasteiger partial charge in [-0.15, -0.1) is 0 Å². The van der Waals surface area contributed by atoms with E-state index in [4.69, 9.17) is 4.74 Å². The third kappa shape index (κ3) is 4.58. The first-order chi connectivity index (χ1) is 17.0. The Morgan fingerprint density at radius 3 is 2.54 bits per heavy atom. The van der Waals surface area contributed by atoms with Crippen molar-refractivity contribution in [1.29, 1.82) is 0 Å². The minimum absolute atomic E-state index is 0.0422. The number of anilines is 1. The lowest BCUT2D eigenvalue weighted by molar-refractivity contribution is -0.137. The number of para-hydroxylation sites is 3. The van der Waals surface area contributed by atoms with E-state index in [2.05, 4.69) is 9.88 Å². The predicted octanol–water partition coefficient (Wildman–Crippen LogP) is 2.99. The first-order valence-corrected chi connectivity index (χ1v) is 13.4. The molecule has 8 nitrogen and oxygen atoms in total.